The molecule has 110 valence electrons. The maximum absolute atomic E-state index is 5.54. The molecule has 0 unspecified atom stereocenters. The summed E-state index contributed by atoms with van der Waals surface area (Å²) in [5, 5.41) is 4.70. The van der Waals surface area contributed by atoms with Crippen molar-refractivity contribution < 1.29 is 9.15 Å². The lowest BCUT2D eigenvalue weighted by Crippen LogP contribution is -2.16. The van der Waals surface area contributed by atoms with E-state index in [1.165, 1.54) is 16.5 Å². The summed E-state index contributed by atoms with van der Waals surface area (Å²) >= 11 is 0. The molecule has 2 aromatic heterocycles. The summed E-state index contributed by atoms with van der Waals surface area (Å²) in [5.41, 5.74) is 2.49. The van der Waals surface area contributed by atoms with Crippen molar-refractivity contribution in [3.8, 4) is 0 Å². The Labute approximate surface area is 124 Å². The van der Waals surface area contributed by atoms with Crippen LogP contribution in [-0.2, 0) is 17.9 Å². The molecule has 0 bridgehead atoms. The Morgan fingerprint density at radius 3 is 3.10 bits per heavy atom. The van der Waals surface area contributed by atoms with Crippen molar-refractivity contribution in [3.05, 3.63) is 60.2 Å². The molecule has 21 heavy (non-hydrogen) atoms. The number of hydrogen-bond donors (Lipinski definition) is 2. The summed E-state index contributed by atoms with van der Waals surface area (Å²) in [7, 11) is 0. The average molecular weight is 284 g/mol. The number of nitrogens with one attached hydrogen (secondary N) is 2. The Morgan fingerprint density at radius 2 is 2.19 bits per heavy atom. The SMILES string of the molecule is c1coc(COCCCNCc2ccc3[nH]ccc3c2)c1. The number of fused-ring (bicyclic) bond motifs is 1. The van der Waals surface area contributed by atoms with Gasteiger partial charge in [0.15, 0.2) is 0 Å². The van der Waals surface area contributed by atoms with Gasteiger partial charge in [-0.3, -0.25) is 0 Å². The molecule has 4 nitrogen and oxygen atoms in total. The van der Waals surface area contributed by atoms with Gasteiger partial charge >= 0.3 is 0 Å². The van der Waals surface area contributed by atoms with Crippen LogP contribution in [0.1, 0.15) is 17.7 Å². The predicted octanol–water partition coefficient (Wildman–Crippen LogP) is 3.46. The fourth-order valence-electron chi connectivity index (χ4n) is 2.31. The van der Waals surface area contributed by atoms with Crippen molar-refractivity contribution in [2.45, 2.75) is 19.6 Å². The molecule has 0 amide bonds. The summed E-state index contributed by atoms with van der Waals surface area (Å²) < 4.78 is 10.7. The minimum Gasteiger partial charge on any atom is -0.467 e. The molecule has 0 spiro atoms. The van der Waals surface area contributed by atoms with Crippen LogP contribution in [-0.4, -0.2) is 18.1 Å². The quantitative estimate of drug-likeness (QED) is 0.623. The highest BCUT2D eigenvalue weighted by Gasteiger charge is 1.98. The van der Waals surface area contributed by atoms with Crippen LogP contribution >= 0.6 is 0 Å². The number of ether oxygens (including phenoxy) is 1. The summed E-state index contributed by atoms with van der Waals surface area (Å²) in [6, 6.07) is 12.4. The standard InChI is InChI=1S/C17H20N2O2/c1-3-16(21-10-1)13-20-9-2-7-18-12-14-4-5-17-15(11-14)6-8-19-17/h1,3-6,8,10-11,18-19H,2,7,9,12-13H2. The predicted molar refractivity (Wildman–Crippen MR) is 83.0 cm³/mol. The average Bonchev–Trinajstić information content (AvgIpc) is 3.17. The summed E-state index contributed by atoms with van der Waals surface area (Å²) in [5.74, 6) is 0.878. The molecule has 3 rings (SSSR count). The largest absolute Gasteiger partial charge is 0.467 e. The Bertz CT molecular complexity index is 658. The van der Waals surface area contributed by atoms with E-state index >= 15 is 0 Å². The second kappa shape index (κ2) is 7.11. The van der Waals surface area contributed by atoms with Crippen LogP contribution in [0.25, 0.3) is 10.9 Å². The van der Waals surface area contributed by atoms with Crippen molar-refractivity contribution in [2.75, 3.05) is 13.2 Å². The van der Waals surface area contributed by atoms with Gasteiger partial charge in [-0.1, -0.05) is 6.07 Å². The van der Waals surface area contributed by atoms with Gasteiger partial charge in [-0.25, -0.2) is 0 Å². The Balaban J connectivity index is 1.31. The van der Waals surface area contributed by atoms with E-state index < -0.39 is 0 Å². The molecule has 0 fully saturated rings. The normalized spacial score (nSPS) is 11.2. The molecule has 2 N–H and O–H groups in total. The molecule has 0 aliphatic carbocycles. The van der Waals surface area contributed by atoms with Crippen LogP contribution < -0.4 is 5.32 Å². The molecule has 1 aromatic carbocycles. The van der Waals surface area contributed by atoms with Gasteiger partial charge in [-0.15, -0.1) is 0 Å². The number of hydrogen-bond acceptors (Lipinski definition) is 3. The van der Waals surface area contributed by atoms with Gasteiger partial charge in [0.05, 0.1) is 6.26 Å². The fourth-order valence-corrected chi connectivity index (χ4v) is 2.31. The Kier molecular flexibility index (Phi) is 4.71. The molecule has 0 saturated heterocycles. The van der Waals surface area contributed by atoms with Crippen molar-refractivity contribution in [2.24, 2.45) is 0 Å². The third-order valence-corrected chi connectivity index (χ3v) is 3.41. The van der Waals surface area contributed by atoms with Gasteiger partial charge in [0.25, 0.3) is 0 Å². The highest BCUT2D eigenvalue weighted by Crippen LogP contribution is 2.13. The number of aromatic nitrogens is 1. The van der Waals surface area contributed by atoms with Gasteiger partial charge in [-0.2, -0.15) is 0 Å². The second-order valence-electron chi connectivity index (χ2n) is 5.06. The Hall–Kier alpha value is -2.04. The third-order valence-electron chi connectivity index (χ3n) is 3.41. The van der Waals surface area contributed by atoms with E-state index in [9.17, 15) is 0 Å². The second-order valence-corrected chi connectivity index (χ2v) is 5.06. The molecule has 0 radical (unpaired) electrons. The minimum absolute atomic E-state index is 0.553. The van der Waals surface area contributed by atoms with Crippen LogP contribution in [0, 0.1) is 0 Å². The van der Waals surface area contributed by atoms with E-state index in [-0.39, 0.29) is 0 Å². The fraction of sp³-hybridized carbons (Fsp3) is 0.294. The van der Waals surface area contributed by atoms with E-state index in [4.69, 9.17) is 9.15 Å². The van der Waals surface area contributed by atoms with Crippen molar-refractivity contribution >= 4 is 10.9 Å². The smallest absolute Gasteiger partial charge is 0.129 e. The summed E-state index contributed by atoms with van der Waals surface area (Å²) in [6.45, 7) is 3.13. The lowest BCUT2D eigenvalue weighted by Gasteiger charge is -2.06. The molecule has 0 saturated carbocycles. The highest BCUT2D eigenvalue weighted by atomic mass is 16.5. The zero-order chi connectivity index (χ0) is 14.3. The van der Waals surface area contributed by atoms with Gasteiger partial charge in [0, 0.05) is 24.9 Å². The van der Waals surface area contributed by atoms with Crippen LogP contribution in [0.4, 0.5) is 0 Å². The maximum Gasteiger partial charge on any atom is 0.129 e. The monoisotopic (exact) mass is 284 g/mol. The van der Waals surface area contributed by atoms with Crippen molar-refractivity contribution in [3.63, 3.8) is 0 Å². The third kappa shape index (κ3) is 3.97. The zero-order valence-corrected chi connectivity index (χ0v) is 12.0. The molecule has 4 heteroatoms. The summed E-state index contributed by atoms with van der Waals surface area (Å²) in [4.78, 5) is 3.20. The van der Waals surface area contributed by atoms with E-state index in [2.05, 4.69) is 34.6 Å². The lowest BCUT2D eigenvalue weighted by atomic mass is 10.1. The molecule has 2 heterocycles. The lowest BCUT2D eigenvalue weighted by molar-refractivity contribution is 0.104. The minimum atomic E-state index is 0.553. The van der Waals surface area contributed by atoms with E-state index in [0.717, 1.165) is 31.9 Å². The number of H-pyrrole nitrogens is 1. The summed E-state index contributed by atoms with van der Waals surface area (Å²) in [6.07, 6.45) is 4.63. The number of aromatic amines is 1. The topological polar surface area (TPSA) is 50.2 Å². The van der Waals surface area contributed by atoms with Crippen LogP contribution in [0.5, 0.6) is 0 Å². The molecule has 0 atom stereocenters. The number of rotatable bonds is 8. The maximum atomic E-state index is 5.54. The Morgan fingerprint density at radius 1 is 1.19 bits per heavy atom. The van der Waals surface area contributed by atoms with Gasteiger partial charge in [-0.05, 0) is 54.2 Å². The van der Waals surface area contributed by atoms with E-state index in [0.29, 0.717) is 6.61 Å². The molecular formula is C17H20N2O2. The van der Waals surface area contributed by atoms with Crippen LogP contribution in [0.15, 0.2) is 53.3 Å². The molecule has 0 aliphatic rings. The van der Waals surface area contributed by atoms with E-state index in [1.54, 1.807) is 6.26 Å². The van der Waals surface area contributed by atoms with Crippen molar-refractivity contribution in [1.82, 2.24) is 10.3 Å². The van der Waals surface area contributed by atoms with Gasteiger partial charge in [0.1, 0.15) is 12.4 Å². The molecular weight excluding hydrogens is 264 g/mol. The first kappa shape index (κ1) is 13.9. The van der Waals surface area contributed by atoms with Crippen LogP contribution in [0.3, 0.4) is 0 Å². The van der Waals surface area contributed by atoms with E-state index in [1.807, 2.05) is 18.3 Å². The molecule has 0 aliphatic heterocycles. The van der Waals surface area contributed by atoms with Gasteiger partial charge in [0.2, 0.25) is 0 Å². The molecule has 3 aromatic rings. The first-order valence-corrected chi connectivity index (χ1v) is 7.29. The van der Waals surface area contributed by atoms with Crippen molar-refractivity contribution in [1.29, 1.82) is 0 Å². The first-order valence-electron chi connectivity index (χ1n) is 7.29. The highest BCUT2D eigenvalue weighted by molar-refractivity contribution is 5.79. The van der Waals surface area contributed by atoms with Crippen LogP contribution in [0.2, 0.25) is 0 Å². The van der Waals surface area contributed by atoms with Gasteiger partial charge < -0.3 is 19.5 Å². The number of benzene rings is 1. The first-order chi connectivity index (χ1) is 10.4. The number of furan rings is 1. The zero-order valence-electron chi connectivity index (χ0n) is 12.0.